The number of nitrogens with one attached hydrogen (secondary N) is 2. The maximum atomic E-state index is 9.77. The molecule has 3 aromatic rings. The standard InChI is InChI=1S/C21H21ClN10/c1-30-4-6-31(7-5-30)18-9-16(22)17(8-13(18)10-23)27-21-28-19(26-14-2-3-14)20-25-12-15(11-24)32(20)29-21/h8-9,12,14H,2-7H2,1H3,(H2,26,27,28,29). The first kappa shape index (κ1) is 20.3. The maximum absolute atomic E-state index is 9.77. The van der Waals surface area contributed by atoms with Crippen LogP contribution in [0, 0.1) is 22.7 Å². The fourth-order valence-electron chi connectivity index (χ4n) is 3.71. The minimum atomic E-state index is 0.258. The normalized spacial score (nSPS) is 16.6. The van der Waals surface area contributed by atoms with Gasteiger partial charge in [0.15, 0.2) is 17.2 Å². The third-order valence-corrected chi connectivity index (χ3v) is 6.00. The Morgan fingerprint density at radius 3 is 2.59 bits per heavy atom. The van der Waals surface area contributed by atoms with Gasteiger partial charge in [0.1, 0.15) is 12.1 Å². The van der Waals surface area contributed by atoms with Crippen LogP contribution in [0.1, 0.15) is 24.1 Å². The van der Waals surface area contributed by atoms with E-state index < -0.39 is 0 Å². The van der Waals surface area contributed by atoms with E-state index in [9.17, 15) is 10.5 Å². The topological polar surface area (TPSA) is 121 Å². The summed E-state index contributed by atoms with van der Waals surface area (Å²) in [6, 6.07) is 8.25. The zero-order valence-electron chi connectivity index (χ0n) is 17.5. The van der Waals surface area contributed by atoms with E-state index in [-0.39, 0.29) is 5.95 Å². The SMILES string of the molecule is CN1CCN(c2cc(Cl)c(Nc3nc(NC4CC4)c4ncc(C#N)n4n3)cc2C#N)CC1. The fraction of sp³-hybridized carbons (Fsp3) is 0.381. The Morgan fingerprint density at radius 1 is 1.12 bits per heavy atom. The molecule has 0 amide bonds. The van der Waals surface area contributed by atoms with Crippen LogP contribution in [-0.4, -0.2) is 63.8 Å². The number of aromatic nitrogens is 4. The Balaban J connectivity index is 1.49. The van der Waals surface area contributed by atoms with E-state index in [4.69, 9.17) is 11.6 Å². The first-order valence-electron chi connectivity index (χ1n) is 10.4. The van der Waals surface area contributed by atoms with Crippen LogP contribution in [-0.2, 0) is 0 Å². The molecule has 1 aliphatic carbocycles. The fourth-order valence-corrected chi connectivity index (χ4v) is 3.91. The molecular weight excluding hydrogens is 428 g/mol. The second-order valence-corrected chi connectivity index (χ2v) is 8.48. The number of benzene rings is 1. The number of halogens is 1. The molecule has 2 aromatic heterocycles. The lowest BCUT2D eigenvalue weighted by Crippen LogP contribution is -2.44. The summed E-state index contributed by atoms with van der Waals surface area (Å²) < 4.78 is 1.46. The van der Waals surface area contributed by atoms with Gasteiger partial charge < -0.3 is 20.4 Å². The molecule has 3 heterocycles. The van der Waals surface area contributed by atoms with Crippen molar-refractivity contribution in [3.63, 3.8) is 0 Å². The number of hydrogen-bond acceptors (Lipinski definition) is 9. The van der Waals surface area contributed by atoms with Crippen molar-refractivity contribution in [1.29, 1.82) is 10.5 Å². The van der Waals surface area contributed by atoms with Crippen molar-refractivity contribution in [1.82, 2.24) is 24.5 Å². The van der Waals surface area contributed by atoms with Crippen molar-refractivity contribution in [2.75, 3.05) is 48.8 Å². The van der Waals surface area contributed by atoms with Crippen molar-refractivity contribution in [3.05, 3.63) is 34.6 Å². The zero-order valence-corrected chi connectivity index (χ0v) is 18.3. The molecule has 0 bridgehead atoms. The van der Waals surface area contributed by atoms with E-state index in [2.05, 4.69) is 54.7 Å². The van der Waals surface area contributed by atoms with Crippen LogP contribution in [0.2, 0.25) is 5.02 Å². The summed E-state index contributed by atoms with van der Waals surface area (Å²) in [5.74, 6) is 0.811. The predicted molar refractivity (Wildman–Crippen MR) is 121 cm³/mol. The monoisotopic (exact) mass is 448 g/mol. The van der Waals surface area contributed by atoms with E-state index in [0.29, 0.717) is 39.5 Å². The maximum Gasteiger partial charge on any atom is 0.247 e. The van der Waals surface area contributed by atoms with Gasteiger partial charge in [-0.3, -0.25) is 0 Å². The molecule has 2 fully saturated rings. The number of piperazine rings is 1. The molecule has 5 rings (SSSR count). The number of anilines is 4. The Labute approximate surface area is 190 Å². The van der Waals surface area contributed by atoms with E-state index in [1.165, 1.54) is 10.7 Å². The second-order valence-electron chi connectivity index (χ2n) is 8.07. The summed E-state index contributed by atoms with van der Waals surface area (Å²) >= 11 is 6.59. The summed E-state index contributed by atoms with van der Waals surface area (Å²) in [5.41, 5.74) is 2.67. The molecule has 32 heavy (non-hydrogen) atoms. The lowest BCUT2D eigenvalue weighted by atomic mass is 10.1. The number of rotatable bonds is 5. The van der Waals surface area contributed by atoms with E-state index >= 15 is 0 Å². The molecule has 10 nitrogen and oxygen atoms in total. The number of fused-ring (bicyclic) bond motifs is 1. The van der Waals surface area contributed by atoms with E-state index in [1.807, 2.05) is 6.07 Å². The molecule has 1 saturated heterocycles. The van der Waals surface area contributed by atoms with Crippen LogP contribution in [0.4, 0.5) is 23.1 Å². The number of nitrogens with zero attached hydrogens (tertiary/aromatic N) is 8. The molecular formula is C21H21ClN10. The zero-order chi connectivity index (χ0) is 22.2. The number of imidazole rings is 1. The lowest BCUT2D eigenvalue weighted by molar-refractivity contribution is 0.313. The first-order valence-corrected chi connectivity index (χ1v) is 10.8. The number of hydrogen-bond donors (Lipinski definition) is 2. The van der Waals surface area contributed by atoms with Gasteiger partial charge in [-0.2, -0.15) is 20.0 Å². The molecule has 0 unspecified atom stereocenters. The van der Waals surface area contributed by atoms with Crippen LogP contribution >= 0.6 is 11.6 Å². The smallest absolute Gasteiger partial charge is 0.247 e. The molecule has 2 N–H and O–H groups in total. The molecule has 0 radical (unpaired) electrons. The van der Waals surface area contributed by atoms with Gasteiger partial charge >= 0.3 is 0 Å². The minimum absolute atomic E-state index is 0.258. The first-order chi connectivity index (χ1) is 15.6. The van der Waals surface area contributed by atoms with Crippen molar-refractivity contribution in [3.8, 4) is 12.1 Å². The predicted octanol–water partition coefficient (Wildman–Crippen LogP) is 2.59. The van der Waals surface area contributed by atoms with Gasteiger partial charge in [0.25, 0.3) is 0 Å². The molecule has 11 heteroatoms. The Kier molecular flexibility index (Phi) is 5.17. The minimum Gasteiger partial charge on any atom is -0.368 e. The van der Waals surface area contributed by atoms with Crippen molar-refractivity contribution in [2.45, 2.75) is 18.9 Å². The van der Waals surface area contributed by atoms with Crippen molar-refractivity contribution >= 4 is 40.4 Å². The van der Waals surface area contributed by atoms with Crippen molar-refractivity contribution < 1.29 is 0 Å². The van der Waals surface area contributed by atoms with Crippen LogP contribution < -0.4 is 15.5 Å². The highest BCUT2D eigenvalue weighted by atomic mass is 35.5. The quantitative estimate of drug-likeness (QED) is 0.606. The molecule has 162 valence electrons. The van der Waals surface area contributed by atoms with Gasteiger partial charge in [0.2, 0.25) is 5.95 Å². The summed E-state index contributed by atoms with van der Waals surface area (Å²) in [5, 5.41) is 30.5. The van der Waals surface area contributed by atoms with Crippen molar-refractivity contribution in [2.24, 2.45) is 0 Å². The summed E-state index contributed by atoms with van der Waals surface area (Å²) in [6.45, 7) is 3.53. The van der Waals surface area contributed by atoms with Gasteiger partial charge in [-0.25, -0.2) is 4.98 Å². The van der Waals surface area contributed by atoms with Gasteiger partial charge in [0.05, 0.1) is 28.2 Å². The largest absolute Gasteiger partial charge is 0.368 e. The molecule has 2 aliphatic rings. The third-order valence-electron chi connectivity index (χ3n) is 5.69. The highest BCUT2D eigenvalue weighted by molar-refractivity contribution is 6.33. The average Bonchev–Trinajstić information content (AvgIpc) is 3.51. The Hall–Kier alpha value is -3.60. The van der Waals surface area contributed by atoms with Crippen LogP contribution in [0.15, 0.2) is 18.3 Å². The van der Waals surface area contributed by atoms with Crippen LogP contribution in [0.25, 0.3) is 5.65 Å². The Morgan fingerprint density at radius 2 is 1.91 bits per heavy atom. The summed E-state index contributed by atoms with van der Waals surface area (Å²) in [7, 11) is 2.09. The summed E-state index contributed by atoms with van der Waals surface area (Å²) in [4.78, 5) is 13.3. The number of nitriles is 2. The second kappa shape index (κ2) is 8.15. The highest BCUT2D eigenvalue weighted by Crippen LogP contribution is 2.34. The van der Waals surface area contributed by atoms with Gasteiger partial charge in [0, 0.05) is 32.2 Å². The van der Waals surface area contributed by atoms with E-state index in [0.717, 1.165) is 44.7 Å². The molecule has 0 spiro atoms. The third kappa shape index (κ3) is 3.86. The molecule has 0 atom stereocenters. The Bertz CT molecular complexity index is 1260. The molecule has 1 aliphatic heterocycles. The van der Waals surface area contributed by atoms with Gasteiger partial charge in [-0.15, -0.1) is 5.10 Å². The number of likely N-dealkylation sites (N-methyl/N-ethyl adjacent to an activating group) is 1. The highest BCUT2D eigenvalue weighted by Gasteiger charge is 2.25. The van der Waals surface area contributed by atoms with Gasteiger partial charge in [-0.05, 0) is 32.0 Å². The molecule has 1 saturated carbocycles. The van der Waals surface area contributed by atoms with E-state index in [1.54, 1.807) is 6.07 Å². The lowest BCUT2D eigenvalue weighted by Gasteiger charge is -2.34. The van der Waals surface area contributed by atoms with Gasteiger partial charge in [-0.1, -0.05) is 11.6 Å². The van der Waals surface area contributed by atoms with Crippen LogP contribution in [0.5, 0.6) is 0 Å². The van der Waals surface area contributed by atoms with Crippen LogP contribution in [0.3, 0.4) is 0 Å². The molecule has 1 aromatic carbocycles. The summed E-state index contributed by atoms with van der Waals surface area (Å²) in [6.07, 6.45) is 3.60. The average molecular weight is 449 g/mol.